The van der Waals surface area contributed by atoms with E-state index in [1.165, 1.54) is 37.0 Å². The predicted octanol–water partition coefficient (Wildman–Crippen LogP) is 4.33. The molecule has 1 heterocycles. The second-order valence-corrected chi connectivity index (χ2v) is 8.62. The molecule has 0 amide bonds. The summed E-state index contributed by atoms with van der Waals surface area (Å²) in [4.78, 5) is 4.10. The molecule has 0 spiro atoms. The lowest BCUT2D eigenvalue weighted by molar-refractivity contribution is 0.0383. The number of hydrogen-bond donors (Lipinski definition) is 0. The first-order valence-electron chi connectivity index (χ1n) is 7.84. The molecule has 4 aliphatic rings. The zero-order chi connectivity index (χ0) is 12.7. The van der Waals surface area contributed by atoms with E-state index in [1.54, 1.807) is 19.3 Å². The normalized spacial score (nSPS) is 39.7. The van der Waals surface area contributed by atoms with Crippen molar-refractivity contribution in [2.75, 3.05) is 5.75 Å². The Balaban J connectivity index is 1.38. The van der Waals surface area contributed by atoms with Crippen molar-refractivity contribution in [2.24, 2.45) is 17.8 Å². The molecule has 4 saturated carbocycles. The van der Waals surface area contributed by atoms with Gasteiger partial charge in [0.05, 0.1) is 0 Å². The molecule has 2 heteroatoms. The van der Waals surface area contributed by atoms with E-state index in [4.69, 9.17) is 0 Å². The Bertz CT molecular complexity index is 407. The topological polar surface area (TPSA) is 12.9 Å². The summed E-state index contributed by atoms with van der Waals surface area (Å²) in [7, 11) is 0. The molecule has 0 unspecified atom stereocenters. The highest BCUT2D eigenvalue weighted by Gasteiger charge is 2.50. The maximum absolute atomic E-state index is 4.10. The van der Waals surface area contributed by atoms with Crippen LogP contribution in [0.2, 0.25) is 0 Å². The van der Waals surface area contributed by atoms with E-state index in [0.29, 0.717) is 4.75 Å². The lowest BCUT2D eigenvalue weighted by Crippen LogP contribution is -2.48. The first-order valence-corrected chi connectivity index (χ1v) is 8.83. The van der Waals surface area contributed by atoms with Crippen LogP contribution in [0, 0.1) is 17.8 Å². The molecular formula is C17H23NS. The third kappa shape index (κ3) is 2.44. The number of thioether (sulfide) groups is 1. The number of hydrogen-bond acceptors (Lipinski definition) is 2. The molecule has 4 bridgehead atoms. The summed E-state index contributed by atoms with van der Waals surface area (Å²) >= 11 is 2.31. The minimum absolute atomic E-state index is 0.682. The van der Waals surface area contributed by atoms with Crippen LogP contribution >= 0.6 is 11.8 Å². The summed E-state index contributed by atoms with van der Waals surface area (Å²) in [6.45, 7) is 0. The fraction of sp³-hybridized carbons (Fsp3) is 0.706. The molecule has 1 aromatic heterocycles. The molecule has 102 valence electrons. The van der Waals surface area contributed by atoms with Crippen LogP contribution in [0.3, 0.4) is 0 Å². The monoisotopic (exact) mass is 273 g/mol. The smallest absolute Gasteiger partial charge is 0.0270 e. The average Bonchev–Trinajstić information content (AvgIpc) is 2.38. The van der Waals surface area contributed by atoms with Crippen LogP contribution in [-0.2, 0) is 6.42 Å². The van der Waals surface area contributed by atoms with Gasteiger partial charge in [0.2, 0.25) is 0 Å². The van der Waals surface area contributed by atoms with Crippen molar-refractivity contribution in [3.8, 4) is 0 Å². The Hall–Kier alpha value is -0.500. The molecule has 0 radical (unpaired) electrons. The predicted molar refractivity (Wildman–Crippen MR) is 81.3 cm³/mol. The Labute approximate surface area is 120 Å². The second kappa shape index (κ2) is 4.80. The highest BCUT2D eigenvalue weighted by Crippen LogP contribution is 2.60. The lowest BCUT2D eigenvalue weighted by atomic mass is 9.56. The minimum Gasteiger partial charge on any atom is -0.265 e. The fourth-order valence-corrected chi connectivity index (χ4v) is 6.97. The maximum atomic E-state index is 4.10. The van der Waals surface area contributed by atoms with E-state index in [-0.39, 0.29) is 0 Å². The van der Waals surface area contributed by atoms with E-state index >= 15 is 0 Å². The zero-order valence-electron chi connectivity index (χ0n) is 11.6. The summed E-state index contributed by atoms with van der Waals surface area (Å²) < 4.78 is 0.682. The summed E-state index contributed by atoms with van der Waals surface area (Å²) in [6.07, 6.45) is 14.3. The van der Waals surface area contributed by atoms with Gasteiger partial charge in [0.15, 0.2) is 0 Å². The molecule has 19 heavy (non-hydrogen) atoms. The molecule has 1 aromatic rings. The molecular weight excluding hydrogens is 250 g/mol. The highest BCUT2D eigenvalue weighted by molar-refractivity contribution is 8.00. The summed E-state index contributed by atoms with van der Waals surface area (Å²) in [5.41, 5.74) is 1.45. The van der Waals surface area contributed by atoms with Gasteiger partial charge in [-0.2, -0.15) is 11.8 Å². The summed E-state index contributed by atoms with van der Waals surface area (Å²) in [6, 6.07) is 4.33. The second-order valence-electron chi connectivity index (χ2n) is 7.05. The van der Waals surface area contributed by atoms with Gasteiger partial charge in [0, 0.05) is 17.1 Å². The Morgan fingerprint density at radius 2 is 1.58 bits per heavy atom. The largest absolute Gasteiger partial charge is 0.265 e. The van der Waals surface area contributed by atoms with Crippen LogP contribution in [0.15, 0.2) is 24.5 Å². The first kappa shape index (κ1) is 12.3. The molecule has 0 atom stereocenters. The third-order valence-corrected chi connectivity index (χ3v) is 7.05. The van der Waals surface area contributed by atoms with E-state index in [1.807, 2.05) is 12.4 Å². The van der Waals surface area contributed by atoms with Crippen LogP contribution in [0.25, 0.3) is 0 Å². The van der Waals surface area contributed by atoms with Gasteiger partial charge in [-0.1, -0.05) is 0 Å². The van der Waals surface area contributed by atoms with Crippen LogP contribution in [0.5, 0.6) is 0 Å². The van der Waals surface area contributed by atoms with Crippen LogP contribution in [0.1, 0.15) is 44.1 Å². The number of aromatic nitrogens is 1. The highest BCUT2D eigenvalue weighted by atomic mass is 32.2. The number of pyridine rings is 1. The van der Waals surface area contributed by atoms with Gasteiger partial charge < -0.3 is 0 Å². The Morgan fingerprint density at radius 3 is 2.16 bits per heavy atom. The van der Waals surface area contributed by atoms with Crippen molar-refractivity contribution >= 4 is 11.8 Å². The van der Waals surface area contributed by atoms with Crippen molar-refractivity contribution in [3.63, 3.8) is 0 Å². The van der Waals surface area contributed by atoms with Gasteiger partial charge in [-0.05, 0) is 86.1 Å². The van der Waals surface area contributed by atoms with Gasteiger partial charge in [0.1, 0.15) is 0 Å². The lowest BCUT2D eigenvalue weighted by Gasteiger charge is -2.56. The molecule has 0 aliphatic heterocycles. The summed E-state index contributed by atoms with van der Waals surface area (Å²) in [5, 5.41) is 0. The zero-order valence-corrected chi connectivity index (χ0v) is 12.4. The molecule has 1 nitrogen and oxygen atoms in total. The third-order valence-electron chi connectivity index (χ3n) is 5.53. The minimum atomic E-state index is 0.682. The van der Waals surface area contributed by atoms with Crippen molar-refractivity contribution in [3.05, 3.63) is 30.1 Å². The van der Waals surface area contributed by atoms with Crippen LogP contribution < -0.4 is 0 Å². The maximum Gasteiger partial charge on any atom is 0.0270 e. The van der Waals surface area contributed by atoms with Crippen LogP contribution in [0.4, 0.5) is 0 Å². The first-order chi connectivity index (χ1) is 9.31. The summed E-state index contributed by atoms with van der Waals surface area (Å²) in [5.74, 6) is 4.55. The Kier molecular flexibility index (Phi) is 3.10. The van der Waals surface area contributed by atoms with E-state index in [9.17, 15) is 0 Å². The number of nitrogens with zero attached hydrogens (tertiary/aromatic N) is 1. The average molecular weight is 273 g/mol. The molecule has 4 fully saturated rings. The van der Waals surface area contributed by atoms with E-state index in [2.05, 4.69) is 28.9 Å². The van der Waals surface area contributed by atoms with Gasteiger partial charge >= 0.3 is 0 Å². The van der Waals surface area contributed by atoms with E-state index < -0.39 is 0 Å². The van der Waals surface area contributed by atoms with Gasteiger partial charge in [-0.15, -0.1) is 0 Å². The van der Waals surface area contributed by atoms with Crippen molar-refractivity contribution in [1.82, 2.24) is 4.98 Å². The molecule has 5 rings (SSSR count). The number of aryl methyl sites for hydroxylation is 1. The fourth-order valence-electron chi connectivity index (χ4n) is 5.14. The van der Waals surface area contributed by atoms with Gasteiger partial charge in [0.25, 0.3) is 0 Å². The van der Waals surface area contributed by atoms with Crippen molar-refractivity contribution < 1.29 is 0 Å². The molecule has 4 aliphatic carbocycles. The van der Waals surface area contributed by atoms with Gasteiger partial charge in [-0.25, -0.2) is 0 Å². The number of rotatable bonds is 4. The quantitative estimate of drug-likeness (QED) is 0.810. The van der Waals surface area contributed by atoms with Crippen LogP contribution in [-0.4, -0.2) is 15.5 Å². The van der Waals surface area contributed by atoms with Crippen molar-refractivity contribution in [1.29, 1.82) is 0 Å². The molecule has 0 saturated heterocycles. The standard InChI is InChI=1S/C17H23NS/c1-4-18-5-2-13(1)3-6-19-17-10-14-7-15(11-17)9-16(8-14)12-17/h1-2,4-5,14-16H,3,6-12H2. The van der Waals surface area contributed by atoms with Crippen molar-refractivity contribution in [2.45, 2.75) is 49.7 Å². The Morgan fingerprint density at radius 1 is 1.00 bits per heavy atom. The molecule has 0 N–H and O–H groups in total. The SMILES string of the molecule is c1cc(CCSC23CC4CC(CC(C4)C2)C3)ccn1. The van der Waals surface area contributed by atoms with E-state index in [0.717, 1.165) is 17.8 Å². The van der Waals surface area contributed by atoms with Gasteiger partial charge in [-0.3, -0.25) is 4.98 Å². The molecule has 0 aromatic carbocycles.